The molecule has 2 N–H and O–H groups in total. The molecule has 2 rings (SSSR count). The molecule has 1 aromatic rings. The second kappa shape index (κ2) is 4.66. The predicted octanol–water partition coefficient (Wildman–Crippen LogP) is 1.72. The summed E-state index contributed by atoms with van der Waals surface area (Å²) in [7, 11) is 0. The monoisotopic (exact) mass is 219 g/mol. The Kier molecular flexibility index (Phi) is 3.25. The van der Waals surface area contributed by atoms with Crippen LogP contribution in [0.4, 0.5) is 0 Å². The number of amides is 1. The fraction of sp³-hybridized carbons (Fsp3) is 0.462. The third-order valence-corrected chi connectivity index (χ3v) is 3.28. The zero-order valence-electron chi connectivity index (χ0n) is 9.28. The highest BCUT2D eigenvalue weighted by atomic mass is 16.3. The fourth-order valence-corrected chi connectivity index (χ4v) is 2.28. The Balaban J connectivity index is 2.07. The molecule has 0 atom stereocenters. The average molecular weight is 219 g/mol. The standard InChI is InChI=1S/C13H17NO2/c15-10-13(8-4-5-9-13)14-12(16)11-6-2-1-3-7-11/h1-3,6-7,15H,4-5,8-10H2,(H,14,16). The molecule has 1 aliphatic carbocycles. The smallest absolute Gasteiger partial charge is 0.251 e. The van der Waals surface area contributed by atoms with Crippen molar-refractivity contribution in [1.82, 2.24) is 5.32 Å². The molecule has 3 heteroatoms. The minimum atomic E-state index is -0.382. The number of hydrogen-bond donors (Lipinski definition) is 2. The lowest BCUT2D eigenvalue weighted by molar-refractivity contribution is 0.0838. The van der Waals surface area contributed by atoms with Crippen LogP contribution in [0, 0.1) is 0 Å². The zero-order chi connectivity index (χ0) is 11.4. The lowest BCUT2D eigenvalue weighted by atomic mass is 9.98. The van der Waals surface area contributed by atoms with E-state index < -0.39 is 0 Å². The van der Waals surface area contributed by atoms with Crippen LogP contribution < -0.4 is 5.32 Å². The van der Waals surface area contributed by atoms with Crippen LogP contribution in [0.15, 0.2) is 30.3 Å². The fourth-order valence-electron chi connectivity index (χ4n) is 2.28. The molecule has 1 aliphatic rings. The first kappa shape index (κ1) is 11.1. The normalized spacial score (nSPS) is 18.3. The van der Waals surface area contributed by atoms with E-state index in [1.54, 1.807) is 12.1 Å². The minimum Gasteiger partial charge on any atom is -0.394 e. The molecule has 0 radical (unpaired) electrons. The van der Waals surface area contributed by atoms with Crippen LogP contribution in [-0.4, -0.2) is 23.2 Å². The topological polar surface area (TPSA) is 49.3 Å². The SMILES string of the molecule is O=C(NC1(CO)CCCC1)c1ccccc1. The van der Waals surface area contributed by atoms with E-state index in [0.717, 1.165) is 25.7 Å². The molecule has 1 aromatic carbocycles. The second-order valence-corrected chi connectivity index (χ2v) is 4.47. The van der Waals surface area contributed by atoms with Gasteiger partial charge in [-0.1, -0.05) is 31.0 Å². The van der Waals surface area contributed by atoms with Crippen LogP contribution in [0.2, 0.25) is 0 Å². The molecule has 3 nitrogen and oxygen atoms in total. The summed E-state index contributed by atoms with van der Waals surface area (Å²) in [5.41, 5.74) is 0.273. The lowest BCUT2D eigenvalue weighted by Gasteiger charge is -2.27. The minimum absolute atomic E-state index is 0.0333. The van der Waals surface area contributed by atoms with E-state index in [1.165, 1.54) is 0 Å². The largest absolute Gasteiger partial charge is 0.394 e. The van der Waals surface area contributed by atoms with Crippen LogP contribution >= 0.6 is 0 Å². The highest BCUT2D eigenvalue weighted by Gasteiger charge is 2.34. The number of hydrogen-bond acceptors (Lipinski definition) is 2. The van der Waals surface area contributed by atoms with Crippen molar-refractivity contribution in [3.05, 3.63) is 35.9 Å². The van der Waals surface area contributed by atoms with Gasteiger partial charge in [-0.25, -0.2) is 0 Å². The third-order valence-electron chi connectivity index (χ3n) is 3.28. The molecule has 0 aliphatic heterocycles. The van der Waals surface area contributed by atoms with Crippen molar-refractivity contribution in [2.75, 3.05) is 6.61 Å². The van der Waals surface area contributed by atoms with Crippen molar-refractivity contribution in [2.45, 2.75) is 31.2 Å². The van der Waals surface area contributed by atoms with Gasteiger partial charge in [-0.15, -0.1) is 0 Å². The molecular weight excluding hydrogens is 202 g/mol. The first-order chi connectivity index (χ1) is 7.76. The van der Waals surface area contributed by atoms with Gasteiger partial charge in [0.1, 0.15) is 0 Å². The van der Waals surface area contributed by atoms with E-state index in [0.29, 0.717) is 5.56 Å². The number of carbonyl (C=O) groups excluding carboxylic acids is 1. The predicted molar refractivity (Wildman–Crippen MR) is 62.2 cm³/mol. The molecule has 0 unspecified atom stereocenters. The van der Waals surface area contributed by atoms with Gasteiger partial charge in [0.15, 0.2) is 0 Å². The van der Waals surface area contributed by atoms with Crippen molar-refractivity contribution in [2.24, 2.45) is 0 Å². The highest BCUT2D eigenvalue weighted by molar-refractivity contribution is 5.94. The summed E-state index contributed by atoms with van der Waals surface area (Å²) in [5, 5.41) is 12.4. The van der Waals surface area contributed by atoms with Gasteiger partial charge in [-0.05, 0) is 25.0 Å². The Morgan fingerprint density at radius 1 is 1.25 bits per heavy atom. The molecule has 0 bridgehead atoms. The van der Waals surface area contributed by atoms with Gasteiger partial charge in [-0.2, -0.15) is 0 Å². The molecule has 0 aromatic heterocycles. The molecule has 1 saturated carbocycles. The Hall–Kier alpha value is -1.35. The van der Waals surface area contributed by atoms with Crippen LogP contribution in [0.25, 0.3) is 0 Å². The number of aliphatic hydroxyl groups excluding tert-OH is 1. The summed E-state index contributed by atoms with van der Waals surface area (Å²) in [6.45, 7) is 0.0333. The first-order valence-electron chi connectivity index (χ1n) is 5.74. The van der Waals surface area contributed by atoms with Gasteiger partial charge >= 0.3 is 0 Å². The van der Waals surface area contributed by atoms with E-state index in [2.05, 4.69) is 5.32 Å². The van der Waals surface area contributed by atoms with Crippen LogP contribution in [0.3, 0.4) is 0 Å². The summed E-state index contributed by atoms with van der Waals surface area (Å²) in [4.78, 5) is 11.9. The first-order valence-corrected chi connectivity index (χ1v) is 5.74. The maximum Gasteiger partial charge on any atom is 0.251 e. The number of benzene rings is 1. The number of aliphatic hydroxyl groups is 1. The van der Waals surface area contributed by atoms with E-state index in [4.69, 9.17) is 0 Å². The Morgan fingerprint density at radius 3 is 2.44 bits per heavy atom. The van der Waals surface area contributed by atoms with Crippen LogP contribution in [0.5, 0.6) is 0 Å². The Bertz CT molecular complexity index is 355. The molecule has 0 saturated heterocycles. The highest BCUT2D eigenvalue weighted by Crippen LogP contribution is 2.29. The van der Waals surface area contributed by atoms with Gasteiger partial charge in [0.25, 0.3) is 5.91 Å². The molecular formula is C13H17NO2. The summed E-state index contributed by atoms with van der Waals surface area (Å²) in [6, 6.07) is 9.14. The summed E-state index contributed by atoms with van der Waals surface area (Å²) in [6.07, 6.45) is 3.91. The van der Waals surface area contributed by atoms with E-state index in [9.17, 15) is 9.90 Å². The van der Waals surface area contributed by atoms with Gasteiger partial charge in [0, 0.05) is 5.56 Å². The van der Waals surface area contributed by atoms with E-state index >= 15 is 0 Å². The second-order valence-electron chi connectivity index (χ2n) is 4.47. The summed E-state index contributed by atoms with van der Waals surface area (Å²) in [5.74, 6) is -0.0865. The van der Waals surface area contributed by atoms with Crippen molar-refractivity contribution in [1.29, 1.82) is 0 Å². The molecule has 1 amide bonds. The maximum atomic E-state index is 11.9. The van der Waals surface area contributed by atoms with Crippen LogP contribution in [0.1, 0.15) is 36.0 Å². The molecule has 16 heavy (non-hydrogen) atoms. The molecule has 86 valence electrons. The lowest BCUT2D eigenvalue weighted by Crippen LogP contribution is -2.49. The number of nitrogens with one attached hydrogen (secondary N) is 1. The van der Waals surface area contributed by atoms with E-state index in [-0.39, 0.29) is 18.1 Å². The maximum absolute atomic E-state index is 11.9. The Morgan fingerprint density at radius 2 is 1.88 bits per heavy atom. The molecule has 0 heterocycles. The quantitative estimate of drug-likeness (QED) is 0.813. The number of carbonyl (C=O) groups is 1. The third kappa shape index (κ3) is 2.25. The van der Waals surface area contributed by atoms with Crippen molar-refractivity contribution in [3.63, 3.8) is 0 Å². The summed E-state index contributed by atoms with van der Waals surface area (Å²) >= 11 is 0. The van der Waals surface area contributed by atoms with Crippen molar-refractivity contribution in [3.8, 4) is 0 Å². The van der Waals surface area contributed by atoms with Gasteiger partial charge in [-0.3, -0.25) is 4.79 Å². The zero-order valence-corrected chi connectivity index (χ0v) is 9.28. The molecule has 0 spiro atoms. The van der Waals surface area contributed by atoms with Crippen molar-refractivity contribution < 1.29 is 9.90 Å². The van der Waals surface area contributed by atoms with E-state index in [1.807, 2.05) is 18.2 Å². The average Bonchev–Trinajstić information content (AvgIpc) is 2.79. The van der Waals surface area contributed by atoms with Gasteiger partial charge in [0.2, 0.25) is 0 Å². The van der Waals surface area contributed by atoms with Gasteiger partial charge < -0.3 is 10.4 Å². The number of rotatable bonds is 3. The van der Waals surface area contributed by atoms with Gasteiger partial charge in [0.05, 0.1) is 12.1 Å². The summed E-state index contributed by atoms with van der Waals surface area (Å²) < 4.78 is 0. The van der Waals surface area contributed by atoms with Crippen molar-refractivity contribution >= 4 is 5.91 Å². The molecule has 1 fully saturated rings. The van der Waals surface area contributed by atoms with Crippen LogP contribution in [-0.2, 0) is 0 Å². The Labute approximate surface area is 95.5 Å².